The average molecular weight is 318 g/mol. The lowest BCUT2D eigenvalue weighted by Gasteiger charge is -2.16. The molecular formula is C11H12BrNO3S. The molecule has 0 unspecified atom stereocenters. The normalized spacial score (nSPS) is 14.1. The standard InChI is InChI=1S/C11H12BrNO3S/c1-7(13(15)16)11(17-8(2)14)9-3-5-10(12)6-4-9/h3-7,11H,1-2H3/t7-,11-/m1/s1. The molecule has 0 saturated heterocycles. The fourth-order valence-corrected chi connectivity index (χ4v) is 2.60. The Morgan fingerprint density at radius 2 is 1.94 bits per heavy atom. The molecule has 0 aromatic heterocycles. The van der Waals surface area contributed by atoms with E-state index in [1.807, 2.05) is 12.1 Å². The van der Waals surface area contributed by atoms with Crippen molar-refractivity contribution >= 4 is 32.8 Å². The first kappa shape index (κ1) is 14.2. The molecule has 17 heavy (non-hydrogen) atoms. The SMILES string of the molecule is CC(=O)S[C@@H](c1ccc(Br)cc1)[C@@H](C)[N+](=O)[O-]. The van der Waals surface area contributed by atoms with Gasteiger partial charge < -0.3 is 0 Å². The van der Waals surface area contributed by atoms with Crippen molar-refractivity contribution in [2.75, 3.05) is 0 Å². The van der Waals surface area contributed by atoms with Gasteiger partial charge in [-0.05, 0) is 17.7 Å². The molecule has 0 fully saturated rings. The highest BCUT2D eigenvalue weighted by Gasteiger charge is 2.30. The number of nitrogens with zero attached hydrogens (tertiary/aromatic N) is 1. The predicted octanol–water partition coefficient (Wildman–Crippen LogP) is 3.44. The van der Waals surface area contributed by atoms with Gasteiger partial charge in [-0.25, -0.2) is 0 Å². The highest BCUT2D eigenvalue weighted by atomic mass is 79.9. The second kappa shape index (κ2) is 6.16. The van der Waals surface area contributed by atoms with Gasteiger partial charge in [-0.15, -0.1) is 0 Å². The molecule has 0 N–H and O–H groups in total. The molecule has 92 valence electrons. The molecule has 0 bridgehead atoms. The summed E-state index contributed by atoms with van der Waals surface area (Å²) in [7, 11) is 0. The Morgan fingerprint density at radius 1 is 1.41 bits per heavy atom. The van der Waals surface area contributed by atoms with Crippen molar-refractivity contribution in [3.05, 3.63) is 44.4 Å². The smallest absolute Gasteiger partial charge is 0.226 e. The van der Waals surface area contributed by atoms with E-state index < -0.39 is 11.3 Å². The minimum absolute atomic E-state index is 0.119. The molecule has 0 aliphatic carbocycles. The lowest BCUT2D eigenvalue weighted by atomic mass is 10.1. The van der Waals surface area contributed by atoms with Crippen LogP contribution in [0.15, 0.2) is 28.7 Å². The van der Waals surface area contributed by atoms with Crippen LogP contribution in [0.4, 0.5) is 0 Å². The first-order valence-electron chi connectivity index (χ1n) is 4.98. The number of carbonyl (C=O) groups excluding carboxylic acids is 1. The van der Waals surface area contributed by atoms with E-state index in [0.717, 1.165) is 21.8 Å². The average Bonchev–Trinajstić information content (AvgIpc) is 2.26. The monoisotopic (exact) mass is 317 g/mol. The van der Waals surface area contributed by atoms with Gasteiger partial charge in [0.1, 0.15) is 5.25 Å². The van der Waals surface area contributed by atoms with Crippen molar-refractivity contribution in [1.29, 1.82) is 0 Å². The van der Waals surface area contributed by atoms with Gasteiger partial charge in [-0.3, -0.25) is 14.9 Å². The highest BCUT2D eigenvalue weighted by molar-refractivity contribution is 9.10. The van der Waals surface area contributed by atoms with Crippen LogP contribution in [-0.4, -0.2) is 16.1 Å². The van der Waals surface area contributed by atoms with Gasteiger partial charge in [0.05, 0.1) is 0 Å². The minimum Gasteiger partial charge on any atom is -0.288 e. The summed E-state index contributed by atoms with van der Waals surface area (Å²) in [6.07, 6.45) is 0. The van der Waals surface area contributed by atoms with Crippen molar-refractivity contribution in [2.45, 2.75) is 25.1 Å². The zero-order chi connectivity index (χ0) is 13.0. The topological polar surface area (TPSA) is 60.2 Å². The quantitative estimate of drug-likeness (QED) is 0.630. The third-order valence-corrected chi connectivity index (χ3v) is 4.04. The number of benzene rings is 1. The number of hydrogen-bond acceptors (Lipinski definition) is 4. The second-order valence-electron chi connectivity index (χ2n) is 3.61. The number of halogens is 1. The zero-order valence-electron chi connectivity index (χ0n) is 9.42. The van der Waals surface area contributed by atoms with Crippen molar-refractivity contribution < 1.29 is 9.72 Å². The van der Waals surface area contributed by atoms with Gasteiger partial charge in [0.15, 0.2) is 5.12 Å². The summed E-state index contributed by atoms with van der Waals surface area (Å²) in [6.45, 7) is 2.94. The summed E-state index contributed by atoms with van der Waals surface area (Å²) in [5.41, 5.74) is 0.789. The first-order valence-corrected chi connectivity index (χ1v) is 6.65. The second-order valence-corrected chi connectivity index (χ2v) is 5.84. The summed E-state index contributed by atoms with van der Waals surface area (Å²) in [5, 5.41) is 10.3. The van der Waals surface area contributed by atoms with Crippen molar-refractivity contribution in [3.8, 4) is 0 Å². The van der Waals surface area contributed by atoms with Crippen LogP contribution in [0, 0.1) is 10.1 Å². The molecular weight excluding hydrogens is 306 g/mol. The van der Waals surface area contributed by atoms with Gasteiger partial charge in [0, 0.05) is 23.2 Å². The number of hydrogen-bond donors (Lipinski definition) is 0. The number of carbonyl (C=O) groups is 1. The lowest BCUT2D eigenvalue weighted by molar-refractivity contribution is -0.518. The van der Waals surface area contributed by atoms with E-state index in [-0.39, 0.29) is 10.0 Å². The Hall–Kier alpha value is -0.880. The Bertz CT molecular complexity index is 421. The molecule has 2 atom stereocenters. The van der Waals surface area contributed by atoms with E-state index in [1.54, 1.807) is 12.1 Å². The molecule has 6 heteroatoms. The fourth-order valence-electron chi connectivity index (χ4n) is 1.39. The van der Waals surface area contributed by atoms with Gasteiger partial charge >= 0.3 is 0 Å². The lowest BCUT2D eigenvalue weighted by Crippen LogP contribution is -2.23. The summed E-state index contributed by atoms with van der Waals surface area (Å²) in [6, 6.07) is 6.42. The molecule has 0 amide bonds. The fraction of sp³-hybridized carbons (Fsp3) is 0.364. The Morgan fingerprint density at radius 3 is 2.35 bits per heavy atom. The van der Waals surface area contributed by atoms with Crippen molar-refractivity contribution in [2.24, 2.45) is 0 Å². The van der Waals surface area contributed by atoms with Crippen molar-refractivity contribution in [3.63, 3.8) is 0 Å². The molecule has 1 rings (SSSR count). The maximum Gasteiger partial charge on any atom is 0.226 e. The van der Waals surface area contributed by atoms with Gasteiger partial charge in [0.25, 0.3) is 0 Å². The van der Waals surface area contributed by atoms with Crippen LogP contribution >= 0.6 is 27.7 Å². The largest absolute Gasteiger partial charge is 0.288 e. The maximum absolute atomic E-state index is 11.2. The molecule has 1 aromatic carbocycles. The van der Waals surface area contributed by atoms with Crippen LogP contribution in [0.1, 0.15) is 24.7 Å². The van der Waals surface area contributed by atoms with E-state index in [2.05, 4.69) is 15.9 Å². The minimum atomic E-state index is -0.801. The molecule has 0 radical (unpaired) electrons. The van der Waals surface area contributed by atoms with Crippen LogP contribution < -0.4 is 0 Å². The van der Waals surface area contributed by atoms with E-state index >= 15 is 0 Å². The molecule has 4 nitrogen and oxygen atoms in total. The summed E-state index contributed by atoms with van der Waals surface area (Å²) >= 11 is 4.30. The van der Waals surface area contributed by atoms with Crippen LogP contribution in [0.3, 0.4) is 0 Å². The first-order chi connectivity index (χ1) is 7.91. The maximum atomic E-state index is 11.2. The van der Waals surface area contributed by atoms with E-state index in [0.29, 0.717) is 0 Å². The number of nitro groups is 1. The van der Waals surface area contributed by atoms with Crippen molar-refractivity contribution in [1.82, 2.24) is 0 Å². The van der Waals surface area contributed by atoms with E-state index in [4.69, 9.17) is 0 Å². The molecule has 0 heterocycles. The summed E-state index contributed by atoms with van der Waals surface area (Å²) < 4.78 is 0.904. The zero-order valence-corrected chi connectivity index (χ0v) is 11.8. The van der Waals surface area contributed by atoms with Crippen LogP contribution in [-0.2, 0) is 4.79 Å². The number of rotatable bonds is 4. The molecule has 0 aliphatic rings. The Labute approximate surface area is 112 Å². The van der Waals surface area contributed by atoms with E-state index in [1.165, 1.54) is 13.8 Å². The van der Waals surface area contributed by atoms with E-state index in [9.17, 15) is 14.9 Å². The highest BCUT2D eigenvalue weighted by Crippen LogP contribution is 2.34. The molecule has 1 aromatic rings. The molecule has 0 saturated carbocycles. The predicted molar refractivity (Wildman–Crippen MR) is 71.6 cm³/mol. The summed E-state index contributed by atoms with van der Waals surface area (Å²) in [5.74, 6) is 0. The van der Waals surface area contributed by atoms with Gasteiger partial charge in [0.2, 0.25) is 6.04 Å². The molecule has 0 aliphatic heterocycles. The summed E-state index contributed by atoms with van der Waals surface area (Å²) in [4.78, 5) is 21.6. The third kappa shape index (κ3) is 4.12. The van der Waals surface area contributed by atoms with Crippen LogP contribution in [0.25, 0.3) is 0 Å². The number of thioether (sulfide) groups is 1. The Balaban J connectivity index is 3.01. The van der Waals surface area contributed by atoms with Gasteiger partial charge in [-0.2, -0.15) is 0 Å². The van der Waals surface area contributed by atoms with Crippen LogP contribution in [0.2, 0.25) is 0 Å². The molecule has 0 spiro atoms. The third-order valence-electron chi connectivity index (χ3n) is 2.26. The Kier molecular flexibility index (Phi) is 5.14. The van der Waals surface area contributed by atoms with Gasteiger partial charge in [-0.1, -0.05) is 39.8 Å². The van der Waals surface area contributed by atoms with Crippen LogP contribution in [0.5, 0.6) is 0 Å².